The molecule has 0 atom stereocenters. The van der Waals surface area contributed by atoms with Gasteiger partial charge in [0.1, 0.15) is 18.2 Å². The normalized spacial score (nSPS) is 11.1. The molecule has 154 valence electrons. The fourth-order valence-corrected chi connectivity index (χ4v) is 3.69. The minimum absolute atomic E-state index is 0.571. The Labute approximate surface area is 177 Å². The van der Waals surface area contributed by atoms with Gasteiger partial charge in [-0.25, -0.2) is 4.98 Å². The quantitative estimate of drug-likeness (QED) is 0.441. The maximum Gasteiger partial charge on any atom is 0.157 e. The van der Waals surface area contributed by atoms with Gasteiger partial charge in [0.2, 0.25) is 0 Å². The molecule has 5 nitrogen and oxygen atoms in total. The van der Waals surface area contributed by atoms with E-state index in [1.807, 2.05) is 17.5 Å². The zero-order valence-electron chi connectivity index (χ0n) is 18.1. The van der Waals surface area contributed by atoms with Crippen LogP contribution in [0.25, 0.3) is 5.65 Å². The first-order chi connectivity index (χ1) is 14.5. The predicted molar refractivity (Wildman–Crippen MR) is 122 cm³/mol. The molecule has 2 heterocycles. The number of anilines is 1. The van der Waals surface area contributed by atoms with Crippen LogP contribution in [0.5, 0.6) is 5.75 Å². The maximum absolute atomic E-state index is 6.10. The van der Waals surface area contributed by atoms with Crippen LogP contribution in [0, 0.1) is 27.7 Å². The minimum Gasteiger partial charge on any atom is -0.491 e. The van der Waals surface area contributed by atoms with Gasteiger partial charge in [0, 0.05) is 17.3 Å². The maximum atomic E-state index is 6.10. The molecule has 0 saturated carbocycles. The highest BCUT2D eigenvalue weighted by Gasteiger charge is 2.11. The van der Waals surface area contributed by atoms with Crippen LogP contribution >= 0.6 is 0 Å². The number of hydrogen-bond acceptors (Lipinski definition) is 4. The molecule has 4 aromatic rings. The molecule has 4 rings (SSSR count). The van der Waals surface area contributed by atoms with Crippen molar-refractivity contribution in [3.63, 3.8) is 0 Å². The van der Waals surface area contributed by atoms with Crippen LogP contribution in [0.2, 0.25) is 0 Å². The van der Waals surface area contributed by atoms with Gasteiger partial charge in [0.25, 0.3) is 0 Å². The van der Waals surface area contributed by atoms with Crippen molar-refractivity contribution in [3.05, 3.63) is 88.2 Å². The summed E-state index contributed by atoms with van der Waals surface area (Å²) in [6.45, 7) is 9.65. The van der Waals surface area contributed by atoms with Gasteiger partial charge in [0.15, 0.2) is 5.65 Å². The highest BCUT2D eigenvalue weighted by Crippen LogP contribution is 2.26. The van der Waals surface area contributed by atoms with Gasteiger partial charge in [-0.3, -0.25) is 0 Å². The van der Waals surface area contributed by atoms with Gasteiger partial charge >= 0.3 is 0 Å². The van der Waals surface area contributed by atoms with Crippen LogP contribution in [0.4, 0.5) is 5.82 Å². The van der Waals surface area contributed by atoms with Crippen LogP contribution in [0.15, 0.2) is 54.7 Å². The number of hydrogen-bond donors (Lipinski definition) is 1. The number of fused-ring (bicyclic) bond motifs is 1. The van der Waals surface area contributed by atoms with Gasteiger partial charge in [-0.1, -0.05) is 36.4 Å². The molecular formula is C25H28N4O. The highest BCUT2D eigenvalue weighted by atomic mass is 16.5. The van der Waals surface area contributed by atoms with Crippen molar-refractivity contribution >= 4 is 11.5 Å². The third kappa shape index (κ3) is 4.01. The molecule has 0 bridgehead atoms. The minimum atomic E-state index is 0.571. The van der Waals surface area contributed by atoms with Crippen molar-refractivity contribution in [2.45, 2.75) is 34.1 Å². The van der Waals surface area contributed by atoms with E-state index < -0.39 is 0 Å². The molecule has 0 spiro atoms. The van der Waals surface area contributed by atoms with E-state index in [9.17, 15) is 0 Å². The second kappa shape index (κ2) is 8.57. The molecule has 1 N–H and O–H groups in total. The summed E-state index contributed by atoms with van der Waals surface area (Å²) in [4.78, 5) is 4.56. The third-order valence-electron chi connectivity index (χ3n) is 5.75. The Morgan fingerprint density at radius 2 is 1.70 bits per heavy atom. The first-order valence-electron chi connectivity index (χ1n) is 10.3. The lowest BCUT2D eigenvalue weighted by molar-refractivity contribution is 0.330. The first-order valence-corrected chi connectivity index (χ1v) is 10.3. The number of ether oxygens (including phenoxy) is 1. The Hall–Kier alpha value is -3.34. The van der Waals surface area contributed by atoms with Crippen LogP contribution in [0.1, 0.15) is 33.5 Å². The van der Waals surface area contributed by atoms with Gasteiger partial charge in [0.05, 0.1) is 12.7 Å². The lowest BCUT2D eigenvalue weighted by Crippen LogP contribution is -2.16. The number of aromatic nitrogens is 3. The fraction of sp³-hybridized carbons (Fsp3) is 0.280. The number of aryl methyl sites for hydroxylation is 1. The Morgan fingerprint density at radius 1 is 0.900 bits per heavy atom. The summed E-state index contributed by atoms with van der Waals surface area (Å²) >= 11 is 0. The summed E-state index contributed by atoms with van der Waals surface area (Å²) in [7, 11) is 0. The van der Waals surface area contributed by atoms with Crippen LogP contribution in [-0.2, 0) is 6.42 Å². The Kier molecular flexibility index (Phi) is 5.70. The summed E-state index contributed by atoms with van der Waals surface area (Å²) in [5, 5.41) is 7.84. The van der Waals surface area contributed by atoms with Crippen molar-refractivity contribution in [2.24, 2.45) is 0 Å². The van der Waals surface area contributed by atoms with Gasteiger partial charge < -0.3 is 10.1 Å². The van der Waals surface area contributed by atoms with Crippen LogP contribution < -0.4 is 10.1 Å². The number of nitrogens with zero attached hydrogens (tertiary/aromatic N) is 3. The number of nitrogens with one attached hydrogen (secondary N) is 1. The highest BCUT2D eigenvalue weighted by molar-refractivity contribution is 5.54. The van der Waals surface area contributed by atoms with E-state index >= 15 is 0 Å². The van der Waals surface area contributed by atoms with E-state index in [0.717, 1.165) is 34.9 Å². The Morgan fingerprint density at radius 3 is 2.50 bits per heavy atom. The molecule has 0 radical (unpaired) electrons. The van der Waals surface area contributed by atoms with Crippen molar-refractivity contribution in [2.75, 3.05) is 18.5 Å². The second-order valence-corrected chi connectivity index (χ2v) is 7.68. The van der Waals surface area contributed by atoms with Gasteiger partial charge in [-0.05, 0) is 62.4 Å². The summed E-state index contributed by atoms with van der Waals surface area (Å²) in [6.07, 6.45) is 2.71. The lowest BCUT2D eigenvalue weighted by Gasteiger charge is -2.16. The second-order valence-electron chi connectivity index (χ2n) is 7.68. The first kappa shape index (κ1) is 20.0. The van der Waals surface area contributed by atoms with Gasteiger partial charge in [-0.2, -0.15) is 9.61 Å². The zero-order chi connectivity index (χ0) is 21.1. The molecule has 0 fully saturated rings. The van der Waals surface area contributed by atoms with E-state index in [0.29, 0.717) is 13.2 Å². The van der Waals surface area contributed by atoms with E-state index in [-0.39, 0.29) is 0 Å². The summed E-state index contributed by atoms with van der Waals surface area (Å²) < 4.78 is 7.94. The predicted octanol–water partition coefficient (Wildman–Crippen LogP) is 5.04. The summed E-state index contributed by atoms with van der Waals surface area (Å²) in [5.41, 5.74) is 8.12. The third-order valence-corrected chi connectivity index (χ3v) is 5.75. The molecular weight excluding hydrogens is 372 g/mol. The average Bonchev–Trinajstić information content (AvgIpc) is 3.21. The molecule has 2 aromatic carbocycles. The van der Waals surface area contributed by atoms with E-state index in [1.165, 1.54) is 22.3 Å². The molecule has 2 aromatic heterocycles. The van der Waals surface area contributed by atoms with Crippen molar-refractivity contribution < 1.29 is 4.74 Å². The topological polar surface area (TPSA) is 51.5 Å². The average molecular weight is 401 g/mol. The lowest BCUT2D eigenvalue weighted by atomic mass is 9.97. The van der Waals surface area contributed by atoms with Gasteiger partial charge in [-0.15, -0.1) is 0 Å². The molecule has 0 amide bonds. The fourth-order valence-electron chi connectivity index (χ4n) is 3.69. The Bertz CT molecular complexity index is 1160. The monoisotopic (exact) mass is 400 g/mol. The van der Waals surface area contributed by atoms with Crippen molar-refractivity contribution in [1.82, 2.24) is 14.6 Å². The molecule has 0 aliphatic carbocycles. The SMILES string of the molecule is Cc1nc2ccnn2c(NCCOc2ccc(Cc3ccccc3)c(C)c2C)c1C. The molecule has 30 heavy (non-hydrogen) atoms. The summed E-state index contributed by atoms with van der Waals surface area (Å²) in [6, 6.07) is 16.8. The van der Waals surface area contributed by atoms with Crippen molar-refractivity contribution in [3.8, 4) is 5.75 Å². The Balaban J connectivity index is 1.41. The smallest absolute Gasteiger partial charge is 0.157 e. The molecule has 0 aliphatic rings. The molecule has 0 aliphatic heterocycles. The number of rotatable bonds is 7. The standard InChI is InChI=1S/C25H28N4O/c1-17-18(2)23(11-10-22(17)16-21-8-6-5-7-9-21)30-15-14-26-25-19(3)20(4)28-24-12-13-27-29(24)25/h5-13,26H,14-16H2,1-4H3. The van der Waals surface area contributed by atoms with E-state index in [2.05, 4.69) is 78.6 Å². The van der Waals surface area contributed by atoms with Crippen molar-refractivity contribution in [1.29, 1.82) is 0 Å². The summed E-state index contributed by atoms with van der Waals surface area (Å²) in [5.74, 6) is 1.91. The number of benzene rings is 2. The van der Waals surface area contributed by atoms with E-state index in [1.54, 1.807) is 6.20 Å². The van der Waals surface area contributed by atoms with Crippen LogP contribution in [0.3, 0.4) is 0 Å². The van der Waals surface area contributed by atoms with Crippen LogP contribution in [-0.4, -0.2) is 27.7 Å². The zero-order valence-corrected chi connectivity index (χ0v) is 18.1. The largest absolute Gasteiger partial charge is 0.491 e. The molecule has 5 heteroatoms. The van der Waals surface area contributed by atoms with E-state index in [4.69, 9.17) is 4.74 Å². The molecule has 0 saturated heterocycles. The molecule has 0 unspecified atom stereocenters.